The van der Waals surface area contributed by atoms with Gasteiger partial charge in [0.2, 0.25) is 0 Å². The zero-order chi connectivity index (χ0) is 8.55. The van der Waals surface area contributed by atoms with E-state index in [2.05, 4.69) is 31.2 Å². The second kappa shape index (κ2) is 2.91. The van der Waals surface area contributed by atoms with Crippen LogP contribution in [0.3, 0.4) is 0 Å². The minimum atomic E-state index is 0.300. The van der Waals surface area contributed by atoms with Crippen LogP contribution in [-0.4, -0.2) is 6.04 Å². The summed E-state index contributed by atoms with van der Waals surface area (Å²) in [5.41, 5.74) is 8.89. The Bertz CT molecular complexity index is 278. The number of benzene rings is 1. The molecule has 1 aromatic carbocycles. The molecule has 1 aliphatic carbocycles. The summed E-state index contributed by atoms with van der Waals surface area (Å²) in [6.45, 7) is 2.10. The molecule has 0 aliphatic heterocycles. The van der Waals surface area contributed by atoms with Gasteiger partial charge in [-0.25, -0.2) is 0 Å². The Morgan fingerprint density at radius 1 is 1.42 bits per heavy atom. The van der Waals surface area contributed by atoms with E-state index in [1.165, 1.54) is 24.0 Å². The van der Waals surface area contributed by atoms with Crippen molar-refractivity contribution in [3.8, 4) is 0 Å². The van der Waals surface area contributed by atoms with Crippen LogP contribution in [0, 0.1) is 0 Å². The minimum absolute atomic E-state index is 0.300. The monoisotopic (exact) mass is 161 g/mol. The second-order valence-corrected chi connectivity index (χ2v) is 3.70. The minimum Gasteiger partial charge on any atom is -0.327 e. The summed E-state index contributed by atoms with van der Waals surface area (Å²) in [5, 5.41) is 0. The standard InChI is InChI=1S/C11H15N/c1-8(12)10-7-6-9-4-2-3-5-11(9)10/h2-5,8,10H,6-7,12H2,1H3/t8-,10?/m0/s1. The highest BCUT2D eigenvalue weighted by Gasteiger charge is 2.24. The molecule has 0 bridgehead atoms. The fourth-order valence-corrected chi connectivity index (χ4v) is 2.14. The number of nitrogens with two attached hydrogens (primary N) is 1. The first kappa shape index (κ1) is 7.81. The van der Waals surface area contributed by atoms with Gasteiger partial charge in [-0.3, -0.25) is 0 Å². The van der Waals surface area contributed by atoms with E-state index in [1.54, 1.807) is 0 Å². The Morgan fingerprint density at radius 3 is 2.92 bits per heavy atom. The lowest BCUT2D eigenvalue weighted by molar-refractivity contribution is 0.564. The van der Waals surface area contributed by atoms with Gasteiger partial charge >= 0.3 is 0 Å². The van der Waals surface area contributed by atoms with Gasteiger partial charge in [0.1, 0.15) is 0 Å². The van der Waals surface area contributed by atoms with Crippen LogP contribution in [-0.2, 0) is 6.42 Å². The van der Waals surface area contributed by atoms with Gasteiger partial charge in [0.15, 0.2) is 0 Å². The van der Waals surface area contributed by atoms with Gasteiger partial charge in [0.05, 0.1) is 0 Å². The number of hydrogen-bond donors (Lipinski definition) is 1. The molecule has 0 heterocycles. The maximum atomic E-state index is 5.91. The van der Waals surface area contributed by atoms with Crippen molar-refractivity contribution >= 4 is 0 Å². The van der Waals surface area contributed by atoms with Crippen molar-refractivity contribution in [2.24, 2.45) is 5.73 Å². The maximum Gasteiger partial charge on any atom is 0.00795 e. The zero-order valence-electron chi connectivity index (χ0n) is 7.46. The first-order chi connectivity index (χ1) is 5.79. The van der Waals surface area contributed by atoms with E-state index >= 15 is 0 Å². The number of aryl methyl sites for hydroxylation is 1. The molecular formula is C11H15N. The largest absolute Gasteiger partial charge is 0.327 e. The highest BCUT2D eigenvalue weighted by atomic mass is 14.6. The average Bonchev–Trinajstić information content (AvgIpc) is 2.47. The molecule has 1 aromatic rings. The molecule has 0 spiro atoms. The Labute approximate surface area is 73.6 Å². The number of fused-ring (bicyclic) bond motifs is 1. The normalized spacial score (nSPS) is 23.7. The molecule has 0 fully saturated rings. The van der Waals surface area contributed by atoms with Crippen molar-refractivity contribution in [2.75, 3.05) is 0 Å². The molecule has 0 saturated carbocycles. The van der Waals surface area contributed by atoms with E-state index in [1.807, 2.05) is 0 Å². The third kappa shape index (κ3) is 1.14. The Kier molecular flexibility index (Phi) is 1.89. The van der Waals surface area contributed by atoms with Crippen LogP contribution in [0.2, 0.25) is 0 Å². The SMILES string of the molecule is C[C@H](N)C1CCc2ccccc21. The molecule has 2 rings (SSSR count). The van der Waals surface area contributed by atoms with Gasteiger partial charge in [0, 0.05) is 6.04 Å². The van der Waals surface area contributed by atoms with E-state index in [9.17, 15) is 0 Å². The molecule has 12 heavy (non-hydrogen) atoms. The molecule has 0 amide bonds. The fraction of sp³-hybridized carbons (Fsp3) is 0.455. The molecular weight excluding hydrogens is 146 g/mol. The highest BCUT2D eigenvalue weighted by Crippen LogP contribution is 2.34. The van der Waals surface area contributed by atoms with Crippen molar-refractivity contribution in [1.29, 1.82) is 0 Å². The van der Waals surface area contributed by atoms with Gasteiger partial charge in [-0.2, -0.15) is 0 Å². The Balaban J connectivity index is 2.36. The van der Waals surface area contributed by atoms with Crippen LogP contribution in [0.4, 0.5) is 0 Å². The third-order valence-corrected chi connectivity index (χ3v) is 2.81. The van der Waals surface area contributed by atoms with Crippen LogP contribution < -0.4 is 5.73 Å². The van der Waals surface area contributed by atoms with Crippen LogP contribution in [0.5, 0.6) is 0 Å². The Morgan fingerprint density at radius 2 is 2.17 bits per heavy atom. The van der Waals surface area contributed by atoms with Gasteiger partial charge in [-0.15, -0.1) is 0 Å². The van der Waals surface area contributed by atoms with Crippen LogP contribution >= 0.6 is 0 Å². The zero-order valence-corrected chi connectivity index (χ0v) is 7.46. The fourth-order valence-electron chi connectivity index (χ4n) is 2.14. The van der Waals surface area contributed by atoms with Crippen LogP contribution in [0.15, 0.2) is 24.3 Å². The molecule has 64 valence electrons. The molecule has 0 saturated heterocycles. The average molecular weight is 161 g/mol. The highest BCUT2D eigenvalue weighted by molar-refractivity contribution is 5.35. The predicted octanol–water partition coefficient (Wildman–Crippen LogP) is 2.06. The van der Waals surface area contributed by atoms with E-state index in [0.717, 1.165) is 0 Å². The van der Waals surface area contributed by atoms with Crippen molar-refractivity contribution in [1.82, 2.24) is 0 Å². The topological polar surface area (TPSA) is 26.0 Å². The quantitative estimate of drug-likeness (QED) is 0.670. The summed E-state index contributed by atoms with van der Waals surface area (Å²) in [6.07, 6.45) is 2.44. The molecule has 1 nitrogen and oxygen atoms in total. The Hall–Kier alpha value is -0.820. The first-order valence-corrected chi connectivity index (χ1v) is 4.62. The van der Waals surface area contributed by atoms with E-state index in [-0.39, 0.29) is 0 Å². The molecule has 0 radical (unpaired) electrons. The summed E-state index contributed by atoms with van der Waals surface area (Å²) in [5.74, 6) is 0.598. The van der Waals surface area contributed by atoms with E-state index in [4.69, 9.17) is 5.73 Å². The molecule has 1 heteroatoms. The van der Waals surface area contributed by atoms with Crippen LogP contribution in [0.1, 0.15) is 30.4 Å². The number of hydrogen-bond acceptors (Lipinski definition) is 1. The molecule has 1 aliphatic rings. The summed E-state index contributed by atoms with van der Waals surface area (Å²) >= 11 is 0. The van der Waals surface area contributed by atoms with Crippen molar-refractivity contribution in [3.05, 3.63) is 35.4 Å². The summed E-state index contributed by atoms with van der Waals surface area (Å²) in [6, 6.07) is 8.96. The van der Waals surface area contributed by atoms with Crippen LogP contribution in [0.25, 0.3) is 0 Å². The first-order valence-electron chi connectivity index (χ1n) is 4.62. The molecule has 2 N–H and O–H groups in total. The smallest absolute Gasteiger partial charge is 0.00795 e. The predicted molar refractivity (Wildman–Crippen MR) is 51.2 cm³/mol. The van der Waals surface area contributed by atoms with Crippen molar-refractivity contribution < 1.29 is 0 Å². The lowest BCUT2D eigenvalue weighted by Gasteiger charge is -2.15. The maximum absolute atomic E-state index is 5.91. The third-order valence-electron chi connectivity index (χ3n) is 2.81. The van der Waals surface area contributed by atoms with Crippen molar-refractivity contribution in [3.63, 3.8) is 0 Å². The van der Waals surface area contributed by atoms with E-state index in [0.29, 0.717) is 12.0 Å². The lowest BCUT2D eigenvalue weighted by Crippen LogP contribution is -2.22. The van der Waals surface area contributed by atoms with E-state index < -0.39 is 0 Å². The summed E-state index contributed by atoms with van der Waals surface area (Å²) in [7, 11) is 0. The van der Waals surface area contributed by atoms with Gasteiger partial charge in [-0.1, -0.05) is 24.3 Å². The summed E-state index contributed by atoms with van der Waals surface area (Å²) in [4.78, 5) is 0. The van der Waals surface area contributed by atoms with Crippen molar-refractivity contribution in [2.45, 2.75) is 31.7 Å². The van der Waals surface area contributed by atoms with Gasteiger partial charge in [0.25, 0.3) is 0 Å². The molecule has 2 atom stereocenters. The molecule has 1 unspecified atom stereocenters. The number of rotatable bonds is 1. The second-order valence-electron chi connectivity index (χ2n) is 3.70. The lowest BCUT2D eigenvalue weighted by atomic mass is 9.95. The van der Waals surface area contributed by atoms with Gasteiger partial charge in [-0.05, 0) is 36.8 Å². The summed E-state index contributed by atoms with van der Waals surface area (Å²) < 4.78 is 0. The van der Waals surface area contributed by atoms with Gasteiger partial charge < -0.3 is 5.73 Å². The molecule has 0 aromatic heterocycles.